The van der Waals surface area contributed by atoms with E-state index in [1.165, 1.54) is 42.3 Å². The smallest absolute Gasteiger partial charge is 0.373 e. The Hall–Kier alpha value is -9.13. The molecule has 0 aliphatic heterocycles. The number of unbranched alkanes of at least 4 members (excludes halogenated alkanes) is 2. The topological polar surface area (TPSA) is 198 Å². The predicted molar refractivity (Wildman–Crippen MR) is 405 cm³/mol. The monoisotopic (exact) mass is 1380 g/mol. The van der Waals surface area contributed by atoms with Gasteiger partial charge in [0.25, 0.3) is 11.8 Å². The highest BCUT2D eigenvalue weighted by Crippen LogP contribution is 2.44. The lowest BCUT2D eigenvalue weighted by atomic mass is 9.92. The van der Waals surface area contributed by atoms with Gasteiger partial charge in [0.2, 0.25) is 0 Å². The van der Waals surface area contributed by atoms with E-state index in [0.29, 0.717) is 92.7 Å². The molecule has 524 valence electrons. The van der Waals surface area contributed by atoms with Gasteiger partial charge in [0.1, 0.15) is 37.9 Å². The fourth-order valence-corrected chi connectivity index (χ4v) is 14.1. The van der Waals surface area contributed by atoms with Crippen molar-refractivity contribution in [3.63, 3.8) is 0 Å². The Morgan fingerprint density at radius 1 is 0.495 bits per heavy atom. The molecule has 0 fully saturated rings. The maximum Gasteiger partial charge on any atom is 0.373 e. The first-order valence-corrected chi connectivity index (χ1v) is 36.7. The lowest BCUT2D eigenvalue weighted by Crippen LogP contribution is -3.11. The van der Waals surface area contributed by atoms with Crippen LogP contribution in [0.15, 0.2) is 152 Å². The van der Waals surface area contributed by atoms with Gasteiger partial charge in [0.05, 0.1) is 40.1 Å². The summed E-state index contributed by atoms with van der Waals surface area (Å²) in [6, 6.07) is 42.7. The van der Waals surface area contributed by atoms with E-state index in [-0.39, 0.29) is 30.4 Å². The third-order valence-electron chi connectivity index (χ3n) is 17.3. The lowest BCUT2D eigenvalue weighted by molar-refractivity contribution is -0.894. The van der Waals surface area contributed by atoms with Crippen molar-refractivity contribution in [2.45, 2.75) is 141 Å². The molecule has 0 unspecified atom stereocenters. The van der Waals surface area contributed by atoms with Crippen molar-refractivity contribution in [1.29, 1.82) is 0 Å². The van der Waals surface area contributed by atoms with Crippen LogP contribution in [0.4, 0.5) is 11.4 Å². The number of nitrogens with one attached hydrogen (secondary N) is 1. The zero-order valence-electron chi connectivity index (χ0n) is 60.0. The first-order chi connectivity index (χ1) is 47.8. The number of carbonyl (C=O) groups excluding carboxylic acids is 5. The molecule has 0 bridgehead atoms. The largest absolute Gasteiger partial charge is 0.460 e. The van der Waals surface area contributed by atoms with Gasteiger partial charge in [0, 0.05) is 115 Å². The summed E-state index contributed by atoms with van der Waals surface area (Å²) >= 11 is 2.89. The molecule has 10 aromatic rings. The van der Waals surface area contributed by atoms with Crippen LogP contribution in [0.5, 0.6) is 0 Å². The number of nitrogens with zero attached hydrogens (tertiary/aromatic N) is 6. The second kappa shape index (κ2) is 37.7. The maximum absolute atomic E-state index is 14.5. The Labute approximate surface area is 590 Å². The van der Waals surface area contributed by atoms with Crippen LogP contribution in [0.3, 0.4) is 0 Å². The van der Waals surface area contributed by atoms with Gasteiger partial charge in [-0.2, -0.15) is 9.59 Å². The molecule has 0 atom stereocenters. The minimum absolute atomic E-state index is 0.0210. The summed E-state index contributed by atoms with van der Waals surface area (Å²) in [5.74, 6) is -0.454. The minimum atomic E-state index is -0.563. The quantitative estimate of drug-likeness (QED) is 0.0377. The maximum atomic E-state index is 14.5. The van der Waals surface area contributed by atoms with E-state index >= 15 is 0 Å². The number of ether oxygens (including phenoxy) is 1. The molecule has 10 rings (SSSR count). The second-order valence-electron chi connectivity index (χ2n) is 24.9. The number of hydrogen-bond acceptors (Lipinski definition) is 16. The third-order valence-corrected chi connectivity index (χ3v) is 19.4. The normalized spacial score (nSPS) is 11.1. The molecule has 0 saturated carbocycles. The summed E-state index contributed by atoms with van der Waals surface area (Å²) in [5, 5.41) is 2.64. The van der Waals surface area contributed by atoms with E-state index in [4.69, 9.17) is 33.1 Å². The first-order valence-electron chi connectivity index (χ1n) is 35.1. The Morgan fingerprint density at radius 2 is 0.879 bits per heavy atom. The number of aromatic nitrogens is 2. The molecule has 1 N–H and O–H groups in total. The number of thiazole rings is 2. The summed E-state index contributed by atoms with van der Waals surface area (Å²) in [6.45, 7) is 36.4. The number of benzene rings is 6. The molecule has 19 heteroatoms. The Morgan fingerprint density at radius 3 is 1.24 bits per heavy atom. The van der Waals surface area contributed by atoms with Gasteiger partial charge in [-0.3, -0.25) is 14.4 Å². The highest BCUT2D eigenvalue weighted by Gasteiger charge is 2.30. The molecule has 99 heavy (non-hydrogen) atoms. The van der Waals surface area contributed by atoms with E-state index in [9.17, 15) is 24.0 Å². The molecule has 4 aromatic heterocycles. The van der Waals surface area contributed by atoms with Crippen LogP contribution in [0.2, 0.25) is 0 Å². The van der Waals surface area contributed by atoms with Crippen LogP contribution >= 0.6 is 22.7 Å². The number of hydrogen-bond donors (Lipinski definition) is 1. The molecular formula is C80H98N7O10S2+. The van der Waals surface area contributed by atoms with Crippen molar-refractivity contribution in [1.82, 2.24) is 19.8 Å². The van der Waals surface area contributed by atoms with Gasteiger partial charge < -0.3 is 38.1 Å². The standard InChI is InChI=1S/C39H45N3O5S.C34H37N3O3S.C6H15N.CO2/c1-7-10-23-42(24-15-20-33(43)47-39(4,5)6)37(44)28-17-12-11-16-27(28)34-29-22-21-26(41(8-2)9-3)25-31(29)46-38(45)35(34)36-40-30-18-13-14-19-32(30)48-36;1-5-9-21-37(20-6-2)33(38)25-15-11-10-14-24(25)30-26-19-18-23(36(7-3)8-4)22-28(26)40-34(39)31(30)32-35-27-16-12-13-17-29(27)41-32;1-4-7(5-2)6-3;2-1-3/h11-14,16-19,21-22,25H,7-10,15,20,23-24H2,1-6H3;10-19,22H,5-9,20-21H2,1-4H3;4-6H2,1-3H3;/p+1. The highest BCUT2D eigenvalue weighted by atomic mass is 32.1. The van der Waals surface area contributed by atoms with Crippen LogP contribution in [0.25, 0.3) is 85.8 Å². The Bertz CT molecular complexity index is 4400. The van der Waals surface area contributed by atoms with Crippen molar-refractivity contribution in [3.05, 3.63) is 165 Å². The molecule has 4 heterocycles. The highest BCUT2D eigenvalue weighted by molar-refractivity contribution is 7.22. The Balaban J connectivity index is 0.000000247. The number of anilines is 2. The summed E-state index contributed by atoms with van der Waals surface area (Å²) in [7, 11) is 0. The molecule has 17 nitrogen and oxygen atoms in total. The molecule has 2 amide bonds. The lowest BCUT2D eigenvalue weighted by Gasteiger charge is -2.25. The van der Waals surface area contributed by atoms with Gasteiger partial charge in [-0.25, -0.2) is 19.6 Å². The van der Waals surface area contributed by atoms with Crippen molar-refractivity contribution in [2.24, 2.45) is 0 Å². The molecule has 0 aliphatic carbocycles. The number of fused-ring (bicyclic) bond motifs is 4. The molecular weight excluding hydrogens is 1280 g/mol. The molecule has 0 aliphatic rings. The van der Waals surface area contributed by atoms with Crippen molar-refractivity contribution in [2.75, 3.05) is 81.8 Å². The van der Waals surface area contributed by atoms with E-state index in [1.807, 2.05) is 158 Å². The minimum Gasteiger partial charge on any atom is -0.460 e. The summed E-state index contributed by atoms with van der Waals surface area (Å²) in [4.78, 5) is 105. The average molecular weight is 1380 g/mol. The van der Waals surface area contributed by atoms with Crippen LogP contribution in [0.1, 0.15) is 156 Å². The SMILES string of the molecule is CCCCN(CCC)C(=O)c1ccccc1-c1c(-c2nc3ccccc3s2)c(=O)oc2cc(N(CC)CC)ccc12.CCCCN(CCCC(=O)OC(C)(C)C)C(=O)c1ccccc1-c1c(-c2nc3ccccc3s2)c(=O)oc2cc(N(CC)CC)ccc12.CC[NH+](CC)CC.O=C=O. The van der Waals surface area contributed by atoms with Gasteiger partial charge >= 0.3 is 23.4 Å². The summed E-state index contributed by atoms with van der Waals surface area (Å²) < 4.78 is 19.5. The molecule has 0 saturated heterocycles. The van der Waals surface area contributed by atoms with Crippen LogP contribution < -0.4 is 26.0 Å². The van der Waals surface area contributed by atoms with E-state index in [0.717, 1.165) is 106 Å². The molecule has 0 spiro atoms. The summed E-state index contributed by atoms with van der Waals surface area (Å²) in [5.41, 5.74) is 7.45. The van der Waals surface area contributed by atoms with Crippen LogP contribution in [-0.2, 0) is 19.1 Å². The van der Waals surface area contributed by atoms with Crippen molar-refractivity contribution in [3.8, 4) is 43.4 Å². The van der Waals surface area contributed by atoms with Gasteiger partial charge in [-0.1, -0.05) is 94.3 Å². The number of carbonyl (C=O) groups is 3. The number of amides is 2. The number of para-hydroxylation sites is 2. The van der Waals surface area contributed by atoms with Gasteiger partial charge in [0.15, 0.2) is 0 Å². The fourth-order valence-electron chi connectivity index (χ4n) is 12.1. The van der Waals surface area contributed by atoms with Crippen LogP contribution in [-0.4, -0.2) is 121 Å². The van der Waals surface area contributed by atoms with Crippen LogP contribution in [0, 0.1) is 0 Å². The van der Waals surface area contributed by atoms with Gasteiger partial charge in [-0.05, 0) is 167 Å². The average Bonchev–Trinajstić information content (AvgIpc) is 1.70. The van der Waals surface area contributed by atoms with Gasteiger partial charge in [-0.15, -0.1) is 22.7 Å². The Kier molecular flexibility index (Phi) is 29.4. The number of esters is 1. The second-order valence-corrected chi connectivity index (χ2v) is 27.0. The third kappa shape index (κ3) is 19.6. The number of rotatable bonds is 27. The zero-order chi connectivity index (χ0) is 71.8. The summed E-state index contributed by atoms with van der Waals surface area (Å²) in [6.07, 6.45) is 5.51. The van der Waals surface area contributed by atoms with Crippen molar-refractivity contribution >= 4 is 100 Å². The van der Waals surface area contributed by atoms with E-state index < -0.39 is 16.9 Å². The van der Waals surface area contributed by atoms with Crippen molar-refractivity contribution < 1.29 is 42.4 Å². The van der Waals surface area contributed by atoms with E-state index in [2.05, 4.69) is 85.1 Å². The van der Waals surface area contributed by atoms with E-state index in [1.54, 1.807) is 4.90 Å². The molecule has 6 aromatic carbocycles. The first kappa shape index (κ1) is 77.2. The predicted octanol–water partition coefficient (Wildman–Crippen LogP) is 16.5. The zero-order valence-corrected chi connectivity index (χ0v) is 61.6. The fraction of sp³-hybridized carbons (Fsp3) is 0.400. The molecule has 0 radical (unpaired) electrons. The number of quaternary nitrogens is 1.